The number of hydrogen-bond acceptors (Lipinski definition) is 3. The maximum Gasteiger partial charge on any atom is 0.226 e. The van der Waals surface area contributed by atoms with Crippen LogP contribution in [0.3, 0.4) is 0 Å². The van der Waals surface area contributed by atoms with Crippen LogP contribution in [0.4, 0.5) is 4.39 Å². The first-order valence-corrected chi connectivity index (χ1v) is 8.80. The molecule has 4 nitrogen and oxygen atoms in total. The van der Waals surface area contributed by atoms with E-state index in [2.05, 4.69) is 16.9 Å². The minimum absolute atomic E-state index is 0.0571. The molecule has 2 heterocycles. The van der Waals surface area contributed by atoms with Gasteiger partial charge in [0.1, 0.15) is 5.82 Å². The summed E-state index contributed by atoms with van der Waals surface area (Å²) >= 11 is 0. The van der Waals surface area contributed by atoms with Gasteiger partial charge >= 0.3 is 0 Å². The molecule has 0 bridgehead atoms. The number of benzene rings is 1. The van der Waals surface area contributed by atoms with Gasteiger partial charge in [0.2, 0.25) is 5.91 Å². The van der Waals surface area contributed by atoms with Gasteiger partial charge in [0.25, 0.3) is 0 Å². The molecule has 2 aromatic rings. The van der Waals surface area contributed by atoms with Gasteiger partial charge in [0.05, 0.1) is 5.41 Å². The minimum Gasteiger partial charge on any atom is -0.381 e. The van der Waals surface area contributed by atoms with Crippen molar-refractivity contribution in [1.82, 2.24) is 10.3 Å². The van der Waals surface area contributed by atoms with E-state index < -0.39 is 5.41 Å². The summed E-state index contributed by atoms with van der Waals surface area (Å²) in [6, 6.07) is 8.89. The Morgan fingerprint density at radius 2 is 1.96 bits per heavy atom. The molecule has 0 unspecified atom stereocenters. The van der Waals surface area contributed by atoms with Crippen molar-refractivity contribution in [3.8, 4) is 11.1 Å². The van der Waals surface area contributed by atoms with E-state index in [1.165, 1.54) is 6.07 Å². The van der Waals surface area contributed by atoms with Crippen molar-refractivity contribution < 1.29 is 13.9 Å². The van der Waals surface area contributed by atoms with E-state index >= 15 is 0 Å². The van der Waals surface area contributed by atoms with Crippen molar-refractivity contribution in [2.24, 2.45) is 5.41 Å². The predicted octanol–water partition coefficient (Wildman–Crippen LogP) is 3.53. The number of amides is 1. The summed E-state index contributed by atoms with van der Waals surface area (Å²) in [5, 5.41) is 2.88. The second kappa shape index (κ2) is 8.23. The third-order valence-electron chi connectivity index (χ3n) is 4.93. The van der Waals surface area contributed by atoms with Crippen molar-refractivity contribution in [1.29, 1.82) is 0 Å². The largest absolute Gasteiger partial charge is 0.381 e. The number of ether oxygens (including phenoxy) is 1. The molecule has 0 saturated carbocycles. The molecule has 1 fully saturated rings. The summed E-state index contributed by atoms with van der Waals surface area (Å²) < 4.78 is 20.2. The molecule has 1 aliphatic heterocycles. The van der Waals surface area contributed by atoms with Crippen LogP contribution in [0.1, 0.15) is 18.4 Å². The van der Waals surface area contributed by atoms with Crippen LogP contribution >= 0.6 is 0 Å². The second-order valence-corrected chi connectivity index (χ2v) is 6.61. The van der Waals surface area contributed by atoms with Gasteiger partial charge in [-0.25, -0.2) is 4.39 Å². The molecule has 26 heavy (non-hydrogen) atoms. The Hall–Kier alpha value is -2.53. The highest BCUT2D eigenvalue weighted by molar-refractivity contribution is 5.83. The molecule has 1 amide bonds. The summed E-state index contributed by atoms with van der Waals surface area (Å²) in [7, 11) is 0. The standard InChI is InChI=1S/C21H23FN2O2/c1-2-9-24-20(25)21(7-12-26-13-8-21)15-18-4-3-17(14-19(18)22)16-5-10-23-11-6-16/h2-6,10-11,14H,1,7-9,12-13,15H2,(H,24,25). The molecule has 1 aliphatic rings. The van der Waals surface area contributed by atoms with E-state index in [0.717, 1.165) is 11.1 Å². The molecule has 0 spiro atoms. The average Bonchev–Trinajstić information content (AvgIpc) is 2.69. The number of nitrogens with zero attached hydrogens (tertiary/aromatic N) is 1. The van der Waals surface area contributed by atoms with Gasteiger partial charge in [-0.2, -0.15) is 0 Å². The number of aromatic nitrogens is 1. The summed E-state index contributed by atoms with van der Waals surface area (Å²) in [6.45, 7) is 5.07. The zero-order valence-corrected chi connectivity index (χ0v) is 14.7. The van der Waals surface area contributed by atoms with E-state index in [4.69, 9.17) is 4.74 Å². The molecule has 1 N–H and O–H groups in total. The summed E-state index contributed by atoms with van der Waals surface area (Å²) in [4.78, 5) is 16.7. The maximum atomic E-state index is 14.8. The maximum absolute atomic E-state index is 14.8. The number of rotatable bonds is 6. The molecular formula is C21H23FN2O2. The number of pyridine rings is 1. The van der Waals surface area contributed by atoms with Gasteiger partial charge in [-0.1, -0.05) is 18.2 Å². The van der Waals surface area contributed by atoms with Crippen molar-refractivity contribution in [2.45, 2.75) is 19.3 Å². The third-order valence-corrected chi connectivity index (χ3v) is 4.93. The lowest BCUT2D eigenvalue weighted by Crippen LogP contribution is -2.46. The Labute approximate surface area is 153 Å². The molecule has 1 saturated heterocycles. The first kappa shape index (κ1) is 18.3. The fourth-order valence-electron chi connectivity index (χ4n) is 3.38. The molecule has 136 valence electrons. The average molecular weight is 354 g/mol. The molecule has 5 heteroatoms. The molecule has 0 atom stereocenters. The first-order chi connectivity index (χ1) is 12.6. The lowest BCUT2D eigenvalue weighted by molar-refractivity contribution is -0.136. The van der Waals surface area contributed by atoms with Crippen LogP contribution in [0.5, 0.6) is 0 Å². The predicted molar refractivity (Wildman–Crippen MR) is 99.0 cm³/mol. The smallest absolute Gasteiger partial charge is 0.226 e. The van der Waals surface area contributed by atoms with Gasteiger partial charge in [0.15, 0.2) is 0 Å². The van der Waals surface area contributed by atoms with Crippen LogP contribution in [0, 0.1) is 11.2 Å². The van der Waals surface area contributed by atoms with Crippen LogP contribution in [-0.4, -0.2) is 30.6 Å². The zero-order valence-electron chi connectivity index (χ0n) is 14.7. The summed E-state index contributed by atoms with van der Waals surface area (Å²) in [5.41, 5.74) is 1.62. The highest BCUT2D eigenvalue weighted by Gasteiger charge is 2.40. The topological polar surface area (TPSA) is 51.2 Å². The van der Waals surface area contributed by atoms with Gasteiger partial charge in [0, 0.05) is 32.2 Å². The van der Waals surface area contributed by atoms with Gasteiger partial charge in [-0.05, 0) is 54.2 Å². The van der Waals surface area contributed by atoms with E-state index in [-0.39, 0.29) is 11.7 Å². The summed E-state index contributed by atoms with van der Waals surface area (Å²) in [5.74, 6) is -0.347. The number of carbonyl (C=O) groups excluding carboxylic acids is 1. The van der Waals surface area contributed by atoms with E-state index in [9.17, 15) is 9.18 Å². The third kappa shape index (κ3) is 3.99. The second-order valence-electron chi connectivity index (χ2n) is 6.61. The van der Waals surface area contributed by atoms with Crippen LogP contribution in [0.2, 0.25) is 0 Å². The quantitative estimate of drug-likeness (QED) is 0.808. The Bertz CT molecular complexity index is 771. The van der Waals surface area contributed by atoms with Gasteiger partial charge < -0.3 is 10.1 Å². The Kier molecular flexibility index (Phi) is 5.78. The number of halogens is 1. The van der Waals surface area contributed by atoms with Crippen molar-refractivity contribution >= 4 is 5.91 Å². The lowest BCUT2D eigenvalue weighted by Gasteiger charge is -2.36. The fourth-order valence-corrected chi connectivity index (χ4v) is 3.38. The highest BCUT2D eigenvalue weighted by Crippen LogP contribution is 2.36. The van der Waals surface area contributed by atoms with Gasteiger partial charge in [-0.15, -0.1) is 6.58 Å². The molecule has 0 aliphatic carbocycles. The van der Waals surface area contributed by atoms with E-state index in [0.29, 0.717) is 44.6 Å². The zero-order chi connectivity index (χ0) is 18.4. The SMILES string of the molecule is C=CCNC(=O)C1(Cc2ccc(-c3ccncc3)cc2F)CCOCC1. The molecular weight excluding hydrogens is 331 g/mol. The van der Waals surface area contributed by atoms with Crippen molar-refractivity contribution in [2.75, 3.05) is 19.8 Å². The number of hydrogen-bond donors (Lipinski definition) is 1. The van der Waals surface area contributed by atoms with Crippen molar-refractivity contribution in [3.05, 3.63) is 66.8 Å². The molecule has 3 rings (SSSR count). The van der Waals surface area contributed by atoms with Crippen LogP contribution in [0.25, 0.3) is 11.1 Å². The minimum atomic E-state index is -0.639. The Morgan fingerprint density at radius 3 is 2.62 bits per heavy atom. The molecule has 1 aromatic carbocycles. The lowest BCUT2D eigenvalue weighted by atomic mass is 9.74. The van der Waals surface area contributed by atoms with Gasteiger partial charge in [-0.3, -0.25) is 9.78 Å². The van der Waals surface area contributed by atoms with Crippen LogP contribution in [-0.2, 0) is 16.0 Å². The van der Waals surface area contributed by atoms with E-state index in [1.807, 2.05) is 18.2 Å². The Balaban J connectivity index is 1.85. The molecule has 0 radical (unpaired) electrons. The van der Waals surface area contributed by atoms with Crippen LogP contribution in [0.15, 0.2) is 55.4 Å². The normalized spacial score (nSPS) is 16.0. The fraction of sp³-hybridized carbons (Fsp3) is 0.333. The van der Waals surface area contributed by atoms with Crippen molar-refractivity contribution in [3.63, 3.8) is 0 Å². The molecule has 1 aromatic heterocycles. The number of carbonyl (C=O) groups is 1. The van der Waals surface area contributed by atoms with Crippen LogP contribution < -0.4 is 5.32 Å². The highest BCUT2D eigenvalue weighted by atomic mass is 19.1. The van der Waals surface area contributed by atoms with E-state index in [1.54, 1.807) is 24.5 Å². The number of nitrogens with one attached hydrogen (secondary N) is 1. The monoisotopic (exact) mass is 354 g/mol. The first-order valence-electron chi connectivity index (χ1n) is 8.80. The Morgan fingerprint density at radius 1 is 1.23 bits per heavy atom. The summed E-state index contributed by atoms with van der Waals surface area (Å²) in [6.07, 6.45) is 6.55.